The molecule has 2 aromatic carbocycles. The highest BCUT2D eigenvalue weighted by atomic mass is 15.2. The van der Waals surface area contributed by atoms with Crippen molar-refractivity contribution in [2.75, 3.05) is 16.8 Å². The van der Waals surface area contributed by atoms with E-state index in [-0.39, 0.29) is 0 Å². The zero-order valence-corrected chi connectivity index (χ0v) is 14.1. The summed E-state index contributed by atoms with van der Waals surface area (Å²) >= 11 is 0. The van der Waals surface area contributed by atoms with E-state index in [4.69, 9.17) is 5.26 Å². The van der Waals surface area contributed by atoms with Gasteiger partial charge in [0.1, 0.15) is 5.82 Å². The fraction of sp³-hybridized carbons (Fsp3) is 0.150. The second-order valence-corrected chi connectivity index (χ2v) is 5.55. The molecule has 0 aliphatic carbocycles. The Bertz CT molecular complexity index is 853. The molecule has 0 fully saturated rings. The van der Waals surface area contributed by atoms with Crippen molar-refractivity contribution in [3.63, 3.8) is 0 Å². The predicted molar refractivity (Wildman–Crippen MR) is 99.6 cm³/mol. The van der Waals surface area contributed by atoms with Gasteiger partial charge in [-0.3, -0.25) is 0 Å². The van der Waals surface area contributed by atoms with Crippen LogP contribution in [0.4, 0.5) is 17.5 Å². The first-order valence-electron chi connectivity index (χ1n) is 8.17. The minimum absolute atomic E-state index is 0.536. The summed E-state index contributed by atoms with van der Waals surface area (Å²) in [5, 5.41) is 12.0. The number of nitriles is 1. The van der Waals surface area contributed by atoms with Gasteiger partial charge in [-0.05, 0) is 42.8 Å². The average molecular weight is 329 g/mol. The molecule has 1 heterocycles. The second-order valence-electron chi connectivity index (χ2n) is 5.55. The van der Waals surface area contributed by atoms with E-state index in [1.165, 1.54) is 5.56 Å². The van der Waals surface area contributed by atoms with Gasteiger partial charge in [0.15, 0.2) is 0 Å². The minimum Gasteiger partial charge on any atom is -0.352 e. The van der Waals surface area contributed by atoms with Gasteiger partial charge in [-0.15, -0.1) is 0 Å². The lowest BCUT2D eigenvalue weighted by Gasteiger charge is -2.22. The maximum absolute atomic E-state index is 8.86. The molecule has 1 N–H and O–H groups in total. The molecule has 0 unspecified atom stereocenters. The molecule has 0 atom stereocenters. The number of aromatic nitrogens is 2. The third kappa shape index (κ3) is 4.33. The van der Waals surface area contributed by atoms with Gasteiger partial charge in [0.05, 0.1) is 11.6 Å². The zero-order chi connectivity index (χ0) is 17.5. The van der Waals surface area contributed by atoms with Crippen LogP contribution in [0.3, 0.4) is 0 Å². The molecule has 0 aliphatic heterocycles. The summed E-state index contributed by atoms with van der Waals surface area (Å²) in [4.78, 5) is 11.1. The molecule has 0 saturated heterocycles. The number of hydrogen-bond donors (Lipinski definition) is 1. The summed E-state index contributed by atoms with van der Waals surface area (Å²) < 4.78 is 0. The number of nitrogens with one attached hydrogen (secondary N) is 1. The number of anilines is 3. The van der Waals surface area contributed by atoms with Crippen molar-refractivity contribution < 1.29 is 0 Å². The van der Waals surface area contributed by atoms with Crippen molar-refractivity contribution >= 4 is 17.5 Å². The van der Waals surface area contributed by atoms with Gasteiger partial charge in [-0.1, -0.05) is 30.3 Å². The Morgan fingerprint density at radius 1 is 1.04 bits per heavy atom. The molecule has 5 heteroatoms. The van der Waals surface area contributed by atoms with Crippen LogP contribution in [0.2, 0.25) is 0 Å². The van der Waals surface area contributed by atoms with Gasteiger partial charge < -0.3 is 10.2 Å². The maximum Gasteiger partial charge on any atom is 0.229 e. The van der Waals surface area contributed by atoms with Crippen LogP contribution in [0, 0.1) is 11.3 Å². The van der Waals surface area contributed by atoms with Crippen molar-refractivity contribution in [3.05, 3.63) is 78.0 Å². The van der Waals surface area contributed by atoms with Crippen LogP contribution in [0.1, 0.15) is 18.1 Å². The smallest absolute Gasteiger partial charge is 0.229 e. The van der Waals surface area contributed by atoms with E-state index in [1.54, 1.807) is 18.3 Å². The van der Waals surface area contributed by atoms with Crippen molar-refractivity contribution in [1.29, 1.82) is 5.26 Å². The number of hydrogen-bond acceptors (Lipinski definition) is 5. The molecule has 0 amide bonds. The lowest BCUT2D eigenvalue weighted by molar-refractivity contribution is 0.811. The van der Waals surface area contributed by atoms with E-state index < -0.39 is 0 Å². The predicted octanol–water partition coefficient (Wildman–Crippen LogP) is 4.12. The van der Waals surface area contributed by atoms with Gasteiger partial charge in [0, 0.05) is 25.0 Å². The first-order chi connectivity index (χ1) is 12.3. The molecule has 0 aliphatic rings. The van der Waals surface area contributed by atoms with E-state index in [9.17, 15) is 0 Å². The SMILES string of the molecule is CCN(Cc1ccccc1)c1ccnc(Nc2ccc(C#N)cc2)n1. The molecule has 0 bridgehead atoms. The van der Waals surface area contributed by atoms with Crippen LogP contribution in [0.25, 0.3) is 0 Å². The van der Waals surface area contributed by atoms with Crippen LogP contribution >= 0.6 is 0 Å². The van der Waals surface area contributed by atoms with Gasteiger partial charge in [-0.25, -0.2) is 4.98 Å². The van der Waals surface area contributed by atoms with Crippen LogP contribution in [0.15, 0.2) is 66.9 Å². The Labute approximate surface area is 147 Å². The van der Waals surface area contributed by atoms with Crippen molar-refractivity contribution in [1.82, 2.24) is 9.97 Å². The summed E-state index contributed by atoms with van der Waals surface area (Å²) in [6.45, 7) is 3.76. The zero-order valence-electron chi connectivity index (χ0n) is 14.1. The number of nitrogens with zero attached hydrogens (tertiary/aromatic N) is 4. The van der Waals surface area contributed by atoms with Crippen LogP contribution < -0.4 is 10.2 Å². The standard InChI is InChI=1S/C20H19N5/c1-2-25(15-17-6-4-3-5-7-17)19-12-13-22-20(24-19)23-18-10-8-16(14-21)9-11-18/h3-13H,2,15H2,1H3,(H,22,23,24). The molecule has 0 radical (unpaired) electrons. The molecule has 124 valence electrons. The first kappa shape index (κ1) is 16.5. The Kier molecular flexibility index (Phi) is 5.22. The molecule has 0 spiro atoms. The van der Waals surface area contributed by atoms with E-state index >= 15 is 0 Å². The molecule has 0 saturated carbocycles. The Morgan fingerprint density at radius 2 is 1.80 bits per heavy atom. The van der Waals surface area contributed by atoms with E-state index in [1.807, 2.05) is 36.4 Å². The maximum atomic E-state index is 8.86. The third-order valence-electron chi connectivity index (χ3n) is 3.83. The summed E-state index contributed by atoms with van der Waals surface area (Å²) in [5.41, 5.74) is 2.71. The summed E-state index contributed by atoms with van der Waals surface area (Å²) in [7, 11) is 0. The molecule has 5 nitrogen and oxygen atoms in total. The molecule has 25 heavy (non-hydrogen) atoms. The average Bonchev–Trinajstić information content (AvgIpc) is 2.68. The summed E-state index contributed by atoms with van der Waals surface area (Å²) in [5.74, 6) is 1.41. The van der Waals surface area contributed by atoms with Crippen molar-refractivity contribution in [2.45, 2.75) is 13.5 Å². The van der Waals surface area contributed by atoms with Crippen molar-refractivity contribution in [3.8, 4) is 6.07 Å². The lowest BCUT2D eigenvalue weighted by Crippen LogP contribution is -2.23. The van der Waals surface area contributed by atoms with E-state index in [2.05, 4.69) is 45.3 Å². The van der Waals surface area contributed by atoms with Crippen LogP contribution in [-0.4, -0.2) is 16.5 Å². The Hall–Kier alpha value is -3.39. The monoisotopic (exact) mass is 329 g/mol. The highest BCUT2D eigenvalue weighted by Crippen LogP contribution is 2.18. The quantitative estimate of drug-likeness (QED) is 0.737. The molecule has 3 aromatic rings. The second kappa shape index (κ2) is 7.93. The largest absolute Gasteiger partial charge is 0.352 e. The normalized spacial score (nSPS) is 10.1. The minimum atomic E-state index is 0.536. The van der Waals surface area contributed by atoms with Crippen LogP contribution in [-0.2, 0) is 6.54 Å². The van der Waals surface area contributed by atoms with Gasteiger partial charge >= 0.3 is 0 Å². The molecular formula is C20H19N5. The van der Waals surface area contributed by atoms with E-state index in [0.717, 1.165) is 24.6 Å². The molecular weight excluding hydrogens is 310 g/mol. The fourth-order valence-corrected chi connectivity index (χ4v) is 2.50. The first-order valence-corrected chi connectivity index (χ1v) is 8.17. The summed E-state index contributed by atoms with van der Waals surface area (Å²) in [6, 6.07) is 21.6. The van der Waals surface area contributed by atoms with Crippen LogP contribution in [0.5, 0.6) is 0 Å². The topological polar surface area (TPSA) is 64.8 Å². The molecule has 1 aromatic heterocycles. The van der Waals surface area contributed by atoms with Crippen molar-refractivity contribution in [2.24, 2.45) is 0 Å². The summed E-state index contributed by atoms with van der Waals surface area (Å²) in [6.07, 6.45) is 1.75. The fourth-order valence-electron chi connectivity index (χ4n) is 2.50. The number of benzene rings is 2. The van der Waals surface area contributed by atoms with Gasteiger partial charge in [-0.2, -0.15) is 10.2 Å². The van der Waals surface area contributed by atoms with Gasteiger partial charge in [0.25, 0.3) is 0 Å². The Morgan fingerprint density at radius 3 is 2.48 bits per heavy atom. The molecule has 3 rings (SSSR count). The third-order valence-corrected chi connectivity index (χ3v) is 3.83. The lowest BCUT2D eigenvalue weighted by atomic mass is 10.2. The number of rotatable bonds is 6. The highest BCUT2D eigenvalue weighted by molar-refractivity contribution is 5.56. The highest BCUT2D eigenvalue weighted by Gasteiger charge is 2.08. The van der Waals surface area contributed by atoms with E-state index in [0.29, 0.717) is 11.5 Å². The van der Waals surface area contributed by atoms with Gasteiger partial charge in [0.2, 0.25) is 5.95 Å². The Balaban J connectivity index is 1.76.